The minimum absolute atomic E-state index is 0.112. The molecule has 0 N–H and O–H groups in total. The van der Waals surface area contributed by atoms with Crippen LogP contribution in [0.4, 0.5) is 8.78 Å². The van der Waals surface area contributed by atoms with Crippen LogP contribution in [0.15, 0.2) is 18.2 Å². The molecule has 0 aromatic heterocycles. The molecule has 1 fully saturated rings. The molecule has 1 aromatic rings. The van der Waals surface area contributed by atoms with Crippen molar-refractivity contribution in [3.63, 3.8) is 0 Å². The Kier molecular flexibility index (Phi) is 3.76. The first-order chi connectivity index (χ1) is 8.61. The van der Waals surface area contributed by atoms with E-state index in [2.05, 4.69) is 14.5 Å². The highest BCUT2D eigenvalue weighted by Crippen LogP contribution is 2.45. The molecule has 0 spiro atoms. The van der Waals surface area contributed by atoms with Crippen molar-refractivity contribution in [1.29, 1.82) is 0 Å². The molecule has 2 rings (SSSR count). The summed E-state index contributed by atoms with van der Waals surface area (Å²) in [7, 11) is 1.22. The van der Waals surface area contributed by atoms with Gasteiger partial charge in [0.25, 0.3) is 0 Å². The van der Waals surface area contributed by atoms with Crippen LogP contribution < -0.4 is 4.74 Å². The van der Waals surface area contributed by atoms with Crippen molar-refractivity contribution in [2.24, 2.45) is 0 Å². The van der Waals surface area contributed by atoms with Gasteiger partial charge in [-0.25, -0.2) is 4.79 Å². The maximum atomic E-state index is 12.2. The average molecular weight is 258 g/mol. The lowest BCUT2D eigenvalue weighted by Crippen LogP contribution is -2.07. The number of hydrogen-bond acceptors (Lipinski definition) is 4. The molecule has 1 saturated carbocycles. The number of hydrogen-bond donors (Lipinski definition) is 0. The van der Waals surface area contributed by atoms with Gasteiger partial charge >= 0.3 is 12.6 Å². The first kappa shape index (κ1) is 12.8. The third kappa shape index (κ3) is 2.95. The molecule has 0 bridgehead atoms. The molecule has 0 atom stereocenters. The van der Waals surface area contributed by atoms with Crippen molar-refractivity contribution in [2.75, 3.05) is 7.11 Å². The highest BCUT2D eigenvalue weighted by Gasteiger charge is 2.28. The molecule has 0 radical (unpaired) electrons. The fourth-order valence-corrected chi connectivity index (χ4v) is 1.72. The van der Waals surface area contributed by atoms with Gasteiger partial charge in [0.15, 0.2) is 0 Å². The largest absolute Gasteiger partial charge is 0.435 e. The molecule has 0 aliphatic heterocycles. The summed E-state index contributed by atoms with van der Waals surface area (Å²) < 4.78 is 28.9. The minimum Gasteiger partial charge on any atom is -0.435 e. The Bertz CT molecular complexity index is 444. The molecule has 6 heteroatoms. The van der Waals surface area contributed by atoms with Crippen molar-refractivity contribution in [3.05, 3.63) is 29.3 Å². The molecular formula is C12H12F2O4. The maximum absolute atomic E-state index is 12.2. The van der Waals surface area contributed by atoms with Gasteiger partial charge in [-0.3, -0.25) is 4.89 Å². The van der Waals surface area contributed by atoms with Crippen molar-refractivity contribution < 1.29 is 28.1 Å². The Morgan fingerprint density at radius 1 is 1.39 bits per heavy atom. The van der Waals surface area contributed by atoms with Gasteiger partial charge in [0.2, 0.25) is 0 Å². The molecule has 0 amide bonds. The molecule has 1 aliphatic carbocycles. The van der Waals surface area contributed by atoms with Crippen molar-refractivity contribution >= 4 is 5.97 Å². The van der Waals surface area contributed by atoms with Gasteiger partial charge in [-0.2, -0.15) is 13.7 Å². The van der Waals surface area contributed by atoms with Gasteiger partial charge in [0.05, 0.1) is 12.7 Å². The predicted molar refractivity (Wildman–Crippen MR) is 57.5 cm³/mol. The van der Waals surface area contributed by atoms with E-state index in [0.717, 1.165) is 12.8 Å². The summed E-state index contributed by atoms with van der Waals surface area (Å²) >= 11 is 0. The van der Waals surface area contributed by atoms with E-state index in [9.17, 15) is 13.6 Å². The lowest BCUT2D eigenvalue weighted by atomic mass is 10.1. The summed E-state index contributed by atoms with van der Waals surface area (Å²) in [5, 5.41) is 0. The standard InChI is InChI=1S/C12H12F2O4/c1-16-18-11(15)8-4-5-10(17-12(13)14)9(6-8)7-2-3-7/h4-7,12H,2-3H2,1H3. The molecule has 98 valence electrons. The van der Waals surface area contributed by atoms with Gasteiger partial charge in [0, 0.05) is 0 Å². The Morgan fingerprint density at radius 3 is 2.67 bits per heavy atom. The smallest absolute Gasteiger partial charge is 0.387 e. The number of ether oxygens (including phenoxy) is 1. The molecular weight excluding hydrogens is 246 g/mol. The minimum atomic E-state index is -2.88. The Hall–Kier alpha value is -1.69. The first-order valence-electron chi connectivity index (χ1n) is 5.45. The van der Waals surface area contributed by atoms with E-state index in [-0.39, 0.29) is 17.2 Å². The van der Waals surface area contributed by atoms with E-state index in [1.807, 2.05) is 0 Å². The number of carbonyl (C=O) groups is 1. The summed E-state index contributed by atoms with van der Waals surface area (Å²) in [5.74, 6) is -0.376. The Labute approximate surface area is 102 Å². The van der Waals surface area contributed by atoms with E-state index in [1.54, 1.807) is 0 Å². The molecule has 0 saturated heterocycles. The van der Waals surface area contributed by atoms with Gasteiger partial charge in [0.1, 0.15) is 5.75 Å². The molecule has 4 nitrogen and oxygen atoms in total. The molecule has 18 heavy (non-hydrogen) atoms. The summed E-state index contributed by atoms with van der Waals surface area (Å²) in [6.07, 6.45) is 1.81. The summed E-state index contributed by atoms with van der Waals surface area (Å²) in [6.45, 7) is -2.88. The highest BCUT2D eigenvalue weighted by molar-refractivity contribution is 5.89. The maximum Gasteiger partial charge on any atom is 0.387 e. The number of carbonyl (C=O) groups excluding carboxylic acids is 1. The van der Waals surface area contributed by atoms with Crippen LogP contribution in [-0.4, -0.2) is 19.7 Å². The highest BCUT2D eigenvalue weighted by atomic mass is 19.3. The van der Waals surface area contributed by atoms with Crippen LogP contribution in [0.3, 0.4) is 0 Å². The van der Waals surface area contributed by atoms with Crippen LogP contribution in [-0.2, 0) is 9.78 Å². The number of halogens is 2. The lowest BCUT2D eigenvalue weighted by Gasteiger charge is -2.11. The Balaban J connectivity index is 2.25. The van der Waals surface area contributed by atoms with E-state index >= 15 is 0 Å². The monoisotopic (exact) mass is 258 g/mol. The van der Waals surface area contributed by atoms with Crippen molar-refractivity contribution in [1.82, 2.24) is 0 Å². The molecule has 1 aromatic carbocycles. The van der Waals surface area contributed by atoms with E-state index in [0.29, 0.717) is 5.56 Å². The van der Waals surface area contributed by atoms with Gasteiger partial charge in [-0.15, -0.1) is 0 Å². The van der Waals surface area contributed by atoms with Gasteiger partial charge < -0.3 is 4.74 Å². The summed E-state index contributed by atoms with van der Waals surface area (Å²) in [6, 6.07) is 4.23. The van der Waals surface area contributed by atoms with Crippen LogP contribution in [0.1, 0.15) is 34.7 Å². The van der Waals surface area contributed by atoms with Crippen molar-refractivity contribution in [3.8, 4) is 5.75 Å². The third-order valence-corrected chi connectivity index (χ3v) is 2.64. The fraction of sp³-hybridized carbons (Fsp3) is 0.417. The van der Waals surface area contributed by atoms with E-state index < -0.39 is 12.6 Å². The molecule has 0 heterocycles. The van der Waals surface area contributed by atoms with Gasteiger partial charge in [-0.05, 0) is 42.5 Å². The third-order valence-electron chi connectivity index (χ3n) is 2.64. The zero-order chi connectivity index (χ0) is 13.1. The zero-order valence-electron chi connectivity index (χ0n) is 9.69. The second-order valence-electron chi connectivity index (χ2n) is 3.94. The molecule has 1 aliphatic rings. The van der Waals surface area contributed by atoms with Gasteiger partial charge in [-0.1, -0.05) is 0 Å². The van der Waals surface area contributed by atoms with E-state index in [1.165, 1.54) is 25.3 Å². The van der Waals surface area contributed by atoms with Crippen LogP contribution in [0.5, 0.6) is 5.75 Å². The van der Waals surface area contributed by atoms with Crippen LogP contribution in [0.25, 0.3) is 0 Å². The predicted octanol–water partition coefficient (Wildman–Crippen LogP) is 2.88. The topological polar surface area (TPSA) is 44.8 Å². The van der Waals surface area contributed by atoms with E-state index in [4.69, 9.17) is 0 Å². The fourth-order valence-electron chi connectivity index (χ4n) is 1.72. The lowest BCUT2D eigenvalue weighted by molar-refractivity contribution is -0.216. The number of benzene rings is 1. The number of rotatable bonds is 5. The SMILES string of the molecule is COOC(=O)c1ccc(OC(F)F)c(C2CC2)c1. The van der Waals surface area contributed by atoms with Crippen LogP contribution in [0.2, 0.25) is 0 Å². The summed E-state index contributed by atoms with van der Waals surface area (Å²) in [5.41, 5.74) is 0.862. The molecule has 0 unspecified atom stereocenters. The van der Waals surface area contributed by atoms with Crippen LogP contribution >= 0.6 is 0 Å². The van der Waals surface area contributed by atoms with Crippen molar-refractivity contribution in [2.45, 2.75) is 25.4 Å². The van der Waals surface area contributed by atoms with Crippen LogP contribution in [0, 0.1) is 0 Å². The first-order valence-corrected chi connectivity index (χ1v) is 5.45. The zero-order valence-corrected chi connectivity index (χ0v) is 9.69. The Morgan fingerprint density at radius 2 is 2.11 bits per heavy atom. The average Bonchev–Trinajstić information content (AvgIpc) is 3.13. The quantitative estimate of drug-likeness (QED) is 0.601. The second kappa shape index (κ2) is 5.30. The normalized spacial score (nSPS) is 14.7. The second-order valence-corrected chi connectivity index (χ2v) is 3.94. The number of alkyl halides is 2. The summed E-state index contributed by atoms with van der Waals surface area (Å²) in [4.78, 5) is 20.1.